The van der Waals surface area contributed by atoms with Crippen LogP contribution in [0, 0.1) is 12.4 Å². The van der Waals surface area contributed by atoms with Gasteiger partial charge in [0.1, 0.15) is 0 Å². The van der Waals surface area contributed by atoms with Gasteiger partial charge >= 0.3 is 19.5 Å². The fraction of sp³-hybridized carbons (Fsp3) is 0.333. The van der Waals surface area contributed by atoms with Gasteiger partial charge in [-0.15, -0.1) is 12.4 Å². The first-order chi connectivity index (χ1) is 6.86. The molecule has 0 saturated heterocycles. The fourth-order valence-electron chi connectivity index (χ4n) is 1.05. The Morgan fingerprint density at radius 1 is 0.938 bits per heavy atom. The zero-order valence-electron chi connectivity index (χ0n) is 9.43. The molecule has 2 N–H and O–H groups in total. The molecule has 0 aromatic carbocycles. The van der Waals surface area contributed by atoms with Gasteiger partial charge < -0.3 is 9.97 Å². The smallest absolute Gasteiger partial charge is 0.484 e. The van der Waals surface area contributed by atoms with Crippen molar-refractivity contribution in [1.29, 1.82) is 0 Å². The van der Waals surface area contributed by atoms with E-state index < -0.39 is 0 Å². The standard InChI is InChI=1S/2C6H8N.2Ru/c2*1-2-6-3-4-7-5-6;;/h2*3-4,7H,2H2,1H3;;/q2*-1;;+2. The molecule has 90 valence electrons. The van der Waals surface area contributed by atoms with E-state index in [1.807, 2.05) is 24.5 Å². The minimum Gasteiger partial charge on any atom is -0.484 e. The predicted octanol–water partition coefficient (Wildman–Crippen LogP) is 2.75. The van der Waals surface area contributed by atoms with Crippen molar-refractivity contribution in [3.05, 3.63) is 48.0 Å². The number of hydrogen-bond acceptors (Lipinski definition) is 0. The topological polar surface area (TPSA) is 31.6 Å². The summed E-state index contributed by atoms with van der Waals surface area (Å²) in [5.74, 6) is 0. The molecule has 16 heavy (non-hydrogen) atoms. The molecule has 2 aromatic rings. The molecule has 0 unspecified atom stereocenters. The Hall–Kier alpha value is -0.193. The Bertz CT molecular complexity index is 280. The van der Waals surface area contributed by atoms with E-state index in [2.05, 4.69) is 36.2 Å². The maximum Gasteiger partial charge on any atom is 2.00 e. The van der Waals surface area contributed by atoms with Crippen molar-refractivity contribution in [2.75, 3.05) is 0 Å². The summed E-state index contributed by atoms with van der Waals surface area (Å²) in [6.07, 6.45) is 11.8. The summed E-state index contributed by atoms with van der Waals surface area (Å²) in [7, 11) is 0. The molecule has 0 bridgehead atoms. The number of aromatic amines is 2. The van der Waals surface area contributed by atoms with Crippen molar-refractivity contribution in [1.82, 2.24) is 9.97 Å². The summed E-state index contributed by atoms with van der Waals surface area (Å²) < 4.78 is 0. The Kier molecular flexibility index (Phi) is 12.8. The van der Waals surface area contributed by atoms with Gasteiger partial charge in [0.25, 0.3) is 0 Å². The van der Waals surface area contributed by atoms with Gasteiger partial charge in [-0.1, -0.05) is 26.7 Å². The van der Waals surface area contributed by atoms with Crippen LogP contribution in [0.25, 0.3) is 0 Å². The second kappa shape index (κ2) is 11.3. The van der Waals surface area contributed by atoms with Crippen LogP contribution in [0.3, 0.4) is 0 Å². The van der Waals surface area contributed by atoms with E-state index in [0.29, 0.717) is 0 Å². The third kappa shape index (κ3) is 7.14. The van der Waals surface area contributed by atoms with E-state index >= 15 is 0 Å². The molecule has 2 nitrogen and oxygen atoms in total. The molecule has 2 rings (SSSR count). The predicted molar refractivity (Wildman–Crippen MR) is 58.0 cm³/mol. The molecule has 0 amide bonds. The van der Waals surface area contributed by atoms with Gasteiger partial charge in [-0.2, -0.15) is 35.7 Å². The fourth-order valence-corrected chi connectivity index (χ4v) is 1.05. The molecule has 0 radical (unpaired) electrons. The molecule has 0 saturated carbocycles. The monoisotopic (exact) mass is 392 g/mol. The second-order valence-electron chi connectivity index (χ2n) is 2.96. The zero-order valence-corrected chi connectivity index (χ0v) is 12.9. The Morgan fingerprint density at radius 3 is 1.44 bits per heavy atom. The average Bonchev–Trinajstić information content (AvgIpc) is 2.92. The van der Waals surface area contributed by atoms with E-state index in [9.17, 15) is 0 Å². The maximum atomic E-state index is 2.96. The first-order valence-corrected chi connectivity index (χ1v) is 4.94. The summed E-state index contributed by atoms with van der Waals surface area (Å²) in [6, 6.07) is 4.06. The van der Waals surface area contributed by atoms with Crippen LogP contribution in [-0.2, 0) is 51.8 Å². The van der Waals surface area contributed by atoms with Crippen molar-refractivity contribution in [2.24, 2.45) is 0 Å². The first-order valence-electron chi connectivity index (χ1n) is 4.94. The van der Waals surface area contributed by atoms with Gasteiger partial charge in [-0.05, 0) is 0 Å². The number of aryl methyl sites for hydroxylation is 2. The van der Waals surface area contributed by atoms with Gasteiger partial charge in [0.05, 0.1) is 0 Å². The molecule has 2 heterocycles. The van der Waals surface area contributed by atoms with E-state index in [1.54, 1.807) is 0 Å². The molecular weight excluding hydrogens is 374 g/mol. The third-order valence-electron chi connectivity index (χ3n) is 1.96. The van der Waals surface area contributed by atoms with Gasteiger partial charge in [-0.3, -0.25) is 0 Å². The number of aromatic nitrogens is 2. The molecule has 0 spiro atoms. The number of nitrogens with one attached hydrogen (secondary N) is 2. The molecular formula is C12H16N2Ru2. The molecule has 0 aliphatic carbocycles. The van der Waals surface area contributed by atoms with Crippen molar-refractivity contribution in [3.63, 3.8) is 0 Å². The van der Waals surface area contributed by atoms with Gasteiger partial charge in [0, 0.05) is 19.5 Å². The van der Waals surface area contributed by atoms with E-state index in [0.717, 1.165) is 12.8 Å². The Balaban J connectivity index is 0. The Morgan fingerprint density at radius 2 is 1.31 bits per heavy atom. The van der Waals surface area contributed by atoms with Crippen LogP contribution in [0.5, 0.6) is 0 Å². The summed E-state index contributed by atoms with van der Waals surface area (Å²) in [4.78, 5) is 5.71. The van der Waals surface area contributed by atoms with Crippen LogP contribution in [0.4, 0.5) is 0 Å². The third-order valence-corrected chi connectivity index (χ3v) is 1.96. The number of H-pyrrole nitrogens is 2. The van der Waals surface area contributed by atoms with Crippen molar-refractivity contribution in [2.45, 2.75) is 26.7 Å². The molecule has 0 fully saturated rings. The van der Waals surface area contributed by atoms with Crippen LogP contribution in [0.1, 0.15) is 25.0 Å². The van der Waals surface area contributed by atoms with E-state index in [1.165, 1.54) is 11.1 Å². The average molecular weight is 390 g/mol. The molecule has 0 aliphatic heterocycles. The normalized spacial score (nSPS) is 8.12. The van der Waals surface area contributed by atoms with Crippen molar-refractivity contribution in [3.8, 4) is 0 Å². The van der Waals surface area contributed by atoms with E-state index in [-0.39, 0.29) is 39.0 Å². The van der Waals surface area contributed by atoms with Gasteiger partial charge in [-0.25, -0.2) is 0 Å². The summed E-state index contributed by atoms with van der Waals surface area (Å²) >= 11 is 0. The van der Waals surface area contributed by atoms with E-state index in [4.69, 9.17) is 0 Å². The van der Waals surface area contributed by atoms with Crippen LogP contribution < -0.4 is 0 Å². The molecule has 2 aromatic heterocycles. The van der Waals surface area contributed by atoms with Crippen molar-refractivity contribution < 1.29 is 39.0 Å². The van der Waals surface area contributed by atoms with Crippen LogP contribution in [-0.4, -0.2) is 9.97 Å². The number of hydrogen-bond donors (Lipinski definition) is 2. The molecule has 0 aliphatic rings. The van der Waals surface area contributed by atoms with Gasteiger partial charge in [0.15, 0.2) is 0 Å². The van der Waals surface area contributed by atoms with Gasteiger partial charge in [0.2, 0.25) is 0 Å². The summed E-state index contributed by atoms with van der Waals surface area (Å²) in [5.41, 5.74) is 2.50. The number of rotatable bonds is 2. The summed E-state index contributed by atoms with van der Waals surface area (Å²) in [5, 5.41) is 0. The van der Waals surface area contributed by atoms with Crippen LogP contribution >= 0.6 is 0 Å². The minimum absolute atomic E-state index is 0. The zero-order chi connectivity index (χ0) is 10.2. The summed E-state index contributed by atoms with van der Waals surface area (Å²) in [6.45, 7) is 4.22. The quantitative estimate of drug-likeness (QED) is 0.584. The molecule has 0 atom stereocenters. The largest absolute Gasteiger partial charge is 2.00 e. The maximum absolute atomic E-state index is 2.96. The van der Waals surface area contributed by atoms with Crippen LogP contribution in [0.15, 0.2) is 24.5 Å². The SMILES string of the molecule is CCc1[c-][nH]cc1.CCc1[c-][nH]cc1.[Ru+2].[Ru]. The minimum atomic E-state index is 0. The second-order valence-corrected chi connectivity index (χ2v) is 2.96. The molecule has 4 heteroatoms. The Labute approximate surface area is 123 Å². The van der Waals surface area contributed by atoms with Crippen LogP contribution in [0.2, 0.25) is 0 Å². The first kappa shape index (κ1) is 18.2. The van der Waals surface area contributed by atoms with Crippen molar-refractivity contribution >= 4 is 0 Å².